The fourth-order valence-electron chi connectivity index (χ4n) is 4.41. The zero-order valence-corrected chi connectivity index (χ0v) is 18.6. The first kappa shape index (κ1) is 21.6. The number of aliphatic imine (C=N–C) groups is 1. The molecule has 2 aliphatic rings. The van der Waals surface area contributed by atoms with E-state index in [0.29, 0.717) is 6.04 Å². The van der Waals surface area contributed by atoms with Crippen LogP contribution in [0.25, 0.3) is 0 Å². The summed E-state index contributed by atoms with van der Waals surface area (Å²) in [5, 5.41) is 9.28. The van der Waals surface area contributed by atoms with Gasteiger partial charge in [0.05, 0.1) is 12.6 Å². The minimum absolute atomic E-state index is 0.426. The van der Waals surface area contributed by atoms with Crippen LogP contribution in [-0.4, -0.2) is 68.1 Å². The highest BCUT2D eigenvalue weighted by Gasteiger charge is 2.24. The van der Waals surface area contributed by atoms with E-state index in [2.05, 4.69) is 51.8 Å². The third-order valence-electron chi connectivity index (χ3n) is 6.02. The average molecular weight is 406 g/mol. The summed E-state index contributed by atoms with van der Waals surface area (Å²) in [5.41, 5.74) is 0. The van der Waals surface area contributed by atoms with Crippen molar-refractivity contribution in [2.24, 2.45) is 10.9 Å². The fraction of sp³-hybridized carbons (Fsp3) is 0.773. The minimum Gasteiger partial charge on any atom is -0.357 e. The van der Waals surface area contributed by atoms with Crippen molar-refractivity contribution in [3.63, 3.8) is 0 Å². The summed E-state index contributed by atoms with van der Waals surface area (Å²) in [5.74, 6) is 1.75. The third-order valence-corrected chi connectivity index (χ3v) is 7.00. The number of nitrogens with one attached hydrogen (secondary N) is 2. The van der Waals surface area contributed by atoms with Gasteiger partial charge < -0.3 is 15.5 Å². The highest BCUT2D eigenvalue weighted by atomic mass is 32.1. The van der Waals surface area contributed by atoms with Crippen LogP contribution in [0, 0.1) is 5.92 Å². The lowest BCUT2D eigenvalue weighted by atomic mass is 9.97. The van der Waals surface area contributed by atoms with Gasteiger partial charge in [-0.05, 0) is 89.1 Å². The van der Waals surface area contributed by atoms with Gasteiger partial charge in [0.1, 0.15) is 0 Å². The Hall–Kier alpha value is -1.11. The molecule has 5 nitrogen and oxygen atoms in total. The van der Waals surface area contributed by atoms with Crippen LogP contribution in [0.15, 0.2) is 22.5 Å². The zero-order valence-electron chi connectivity index (χ0n) is 17.8. The second kappa shape index (κ2) is 11.8. The standard InChI is InChI=1S/C22H39N5S/c1-3-11-26-14-9-19(10-15-26)17-24-22(23-4-2)25-18-20(21-8-7-16-28-21)27-12-5-6-13-27/h7-8,16,19-20H,3-6,9-15,17-18H2,1-2H3,(H2,23,24,25). The van der Waals surface area contributed by atoms with Gasteiger partial charge in [0.25, 0.3) is 0 Å². The molecule has 1 unspecified atom stereocenters. The minimum atomic E-state index is 0.426. The van der Waals surface area contributed by atoms with Gasteiger partial charge in [-0.25, -0.2) is 0 Å². The van der Waals surface area contributed by atoms with Gasteiger partial charge in [-0.2, -0.15) is 0 Å². The van der Waals surface area contributed by atoms with E-state index in [1.54, 1.807) is 0 Å². The fourth-order valence-corrected chi connectivity index (χ4v) is 5.26. The third kappa shape index (κ3) is 6.46. The Morgan fingerprint density at radius 3 is 2.61 bits per heavy atom. The van der Waals surface area contributed by atoms with Crippen LogP contribution in [-0.2, 0) is 0 Å². The van der Waals surface area contributed by atoms with Crippen molar-refractivity contribution in [3.05, 3.63) is 22.4 Å². The van der Waals surface area contributed by atoms with Gasteiger partial charge >= 0.3 is 0 Å². The van der Waals surface area contributed by atoms with E-state index < -0.39 is 0 Å². The smallest absolute Gasteiger partial charge is 0.191 e. The van der Waals surface area contributed by atoms with Crippen molar-refractivity contribution < 1.29 is 0 Å². The van der Waals surface area contributed by atoms with Crippen molar-refractivity contribution in [1.82, 2.24) is 20.4 Å². The predicted octanol–water partition coefficient (Wildman–Crippen LogP) is 3.56. The molecule has 1 aromatic heterocycles. The van der Waals surface area contributed by atoms with E-state index in [1.165, 1.54) is 69.7 Å². The Balaban J connectivity index is 1.52. The summed E-state index contributed by atoms with van der Waals surface area (Å²) in [6, 6.07) is 4.87. The van der Waals surface area contributed by atoms with E-state index in [9.17, 15) is 0 Å². The van der Waals surface area contributed by atoms with Gasteiger partial charge in [-0.1, -0.05) is 13.0 Å². The zero-order chi connectivity index (χ0) is 19.6. The van der Waals surface area contributed by atoms with E-state index in [0.717, 1.165) is 31.5 Å². The van der Waals surface area contributed by atoms with E-state index in [4.69, 9.17) is 4.99 Å². The number of piperidine rings is 1. The molecule has 0 bridgehead atoms. The molecule has 1 atom stereocenters. The van der Waals surface area contributed by atoms with Gasteiger partial charge in [0, 0.05) is 18.0 Å². The van der Waals surface area contributed by atoms with Gasteiger partial charge in [-0.15, -0.1) is 11.3 Å². The predicted molar refractivity (Wildman–Crippen MR) is 121 cm³/mol. The molecule has 0 radical (unpaired) electrons. The monoisotopic (exact) mass is 405 g/mol. The van der Waals surface area contributed by atoms with E-state index >= 15 is 0 Å². The summed E-state index contributed by atoms with van der Waals surface area (Å²) in [4.78, 5) is 11.7. The molecule has 2 fully saturated rings. The largest absolute Gasteiger partial charge is 0.357 e. The lowest BCUT2D eigenvalue weighted by Crippen LogP contribution is -2.43. The average Bonchev–Trinajstić information content (AvgIpc) is 3.42. The second-order valence-corrected chi connectivity index (χ2v) is 9.14. The number of hydrogen-bond acceptors (Lipinski definition) is 4. The van der Waals surface area contributed by atoms with Crippen LogP contribution in [0.1, 0.15) is 56.9 Å². The maximum atomic E-state index is 4.99. The maximum Gasteiger partial charge on any atom is 0.191 e. The molecule has 0 aromatic carbocycles. The molecule has 158 valence electrons. The van der Waals surface area contributed by atoms with Crippen molar-refractivity contribution in [3.8, 4) is 0 Å². The molecule has 2 saturated heterocycles. The lowest BCUT2D eigenvalue weighted by Gasteiger charge is -2.32. The molecule has 3 rings (SSSR count). The first-order valence-corrected chi connectivity index (χ1v) is 12.2. The van der Waals surface area contributed by atoms with Crippen molar-refractivity contribution in [2.45, 2.75) is 52.0 Å². The molecule has 2 aliphatic heterocycles. The number of guanidine groups is 1. The molecule has 6 heteroatoms. The van der Waals surface area contributed by atoms with Crippen LogP contribution in [0.3, 0.4) is 0 Å². The molecule has 2 N–H and O–H groups in total. The van der Waals surface area contributed by atoms with Gasteiger partial charge in [0.15, 0.2) is 5.96 Å². The van der Waals surface area contributed by atoms with Crippen molar-refractivity contribution in [2.75, 3.05) is 52.4 Å². The Kier molecular flexibility index (Phi) is 9.09. The second-order valence-electron chi connectivity index (χ2n) is 8.16. The van der Waals surface area contributed by atoms with Gasteiger partial charge in [0.2, 0.25) is 0 Å². The van der Waals surface area contributed by atoms with Crippen LogP contribution >= 0.6 is 11.3 Å². The number of thiophene rings is 1. The molecule has 3 heterocycles. The van der Waals surface area contributed by atoms with Crippen LogP contribution < -0.4 is 10.6 Å². The number of rotatable bonds is 9. The Morgan fingerprint density at radius 2 is 1.96 bits per heavy atom. The number of nitrogens with zero attached hydrogens (tertiary/aromatic N) is 3. The molecule has 1 aromatic rings. The summed E-state index contributed by atoms with van der Waals surface area (Å²) < 4.78 is 0. The van der Waals surface area contributed by atoms with E-state index in [1.807, 2.05) is 11.3 Å². The highest BCUT2D eigenvalue weighted by molar-refractivity contribution is 7.10. The van der Waals surface area contributed by atoms with Crippen LogP contribution in [0.5, 0.6) is 0 Å². The first-order valence-electron chi connectivity index (χ1n) is 11.3. The summed E-state index contributed by atoms with van der Waals surface area (Å²) in [6.45, 7) is 13.4. The first-order chi connectivity index (χ1) is 13.8. The summed E-state index contributed by atoms with van der Waals surface area (Å²) in [7, 11) is 0. The van der Waals surface area contributed by atoms with Crippen molar-refractivity contribution >= 4 is 17.3 Å². The van der Waals surface area contributed by atoms with Gasteiger partial charge in [-0.3, -0.25) is 9.89 Å². The molecule has 0 saturated carbocycles. The van der Waals surface area contributed by atoms with Crippen LogP contribution in [0.2, 0.25) is 0 Å². The molecule has 28 heavy (non-hydrogen) atoms. The molecule has 0 spiro atoms. The molecular formula is C22H39N5S. The SMILES string of the molecule is CCCN1CCC(CNC(=NCC(c2cccs2)N2CCCC2)NCC)CC1. The Bertz CT molecular complexity index is 559. The number of hydrogen-bond donors (Lipinski definition) is 2. The quantitative estimate of drug-likeness (QED) is 0.487. The molecule has 0 amide bonds. The summed E-state index contributed by atoms with van der Waals surface area (Å²) in [6.07, 6.45) is 6.51. The highest BCUT2D eigenvalue weighted by Crippen LogP contribution is 2.28. The topological polar surface area (TPSA) is 42.9 Å². The van der Waals surface area contributed by atoms with E-state index in [-0.39, 0.29) is 0 Å². The lowest BCUT2D eigenvalue weighted by molar-refractivity contribution is 0.185. The van der Waals surface area contributed by atoms with Crippen LogP contribution in [0.4, 0.5) is 0 Å². The normalized spacial score (nSPS) is 21.1. The number of likely N-dealkylation sites (tertiary alicyclic amines) is 2. The Morgan fingerprint density at radius 1 is 1.18 bits per heavy atom. The maximum absolute atomic E-state index is 4.99. The van der Waals surface area contributed by atoms with Crippen molar-refractivity contribution in [1.29, 1.82) is 0 Å². The molecular weight excluding hydrogens is 366 g/mol. The summed E-state index contributed by atoms with van der Waals surface area (Å²) >= 11 is 1.87. The molecule has 0 aliphatic carbocycles. The Labute approximate surface area is 175 Å².